The lowest BCUT2D eigenvalue weighted by Gasteiger charge is -1.91. The first-order chi connectivity index (χ1) is 4.97. The molecule has 10 heavy (non-hydrogen) atoms. The lowest BCUT2D eigenvalue weighted by atomic mass is 10.3. The molecule has 0 spiro atoms. The molecular formula is C7H6N2O. The minimum Gasteiger partial charge on any atom is -0.453 e. The Bertz CT molecular complexity index is 261. The van der Waals surface area contributed by atoms with Gasteiger partial charge < -0.3 is 4.74 Å². The van der Waals surface area contributed by atoms with Gasteiger partial charge in [-0.05, 0) is 12.2 Å². The first kappa shape index (κ1) is 5.41. The van der Waals surface area contributed by atoms with Gasteiger partial charge in [-0.15, -0.1) is 0 Å². The van der Waals surface area contributed by atoms with E-state index in [-0.39, 0.29) is 0 Å². The standard InChI is InChI=1S/C7H6N2O/c1-2-4-8-7-6(3-1)9-5-10-7/h1-4H,5H2. The van der Waals surface area contributed by atoms with E-state index in [1.165, 1.54) is 0 Å². The number of ether oxygens (including phenoxy) is 1. The largest absolute Gasteiger partial charge is 0.453 e. The molecule has 0 N–H and O–H groups in total. The number of allylic oxidation sites excluding steroid dienone is 2. The van der Waals surface area contributed by atoms with Crippen molar-refractivity contribution in [3.63, 3.8) is 0 Å². The highest BCUT2D eigenvalue weighted by molar-refractivity contribution is 6.44. The van der Waals surface area contributed by atoms with Crippen molar-refractivity contribution in [2.24, 2.45) is 9.98 Å². The second-order valence-electron chi connectivity index (χ2n) is 1.95. The van der Waals surface area contributed by atoms with E-state index in [9.17, 15) is 0 Å². The average molecular weight is 134 g/mol. The Morgan fingerprint density at radius 1 is 1.40 bits per heavy atom. The number of rotatable bonds is 0. The van der Waals surface area contributed by atoms with E-state index in [1.54, 1.807) is 6.20 Å². The van der Waals surface area contributed by atoms with Crippen LogP contribution in [-0.4, -0.2) is 18.3 Å². The average Bonchev–Trinajstić information content (AvgIpc) is 2.28. The molecule has 2 rings (SSSR count). The molecule has 0 saturated heterocycles. The van der Waals surface area contributed by atoms with Crippen molar-refractivity contribution in [1.82, 2.24) is 0 Å². The Morgan fingerprint density at radius 2 is 2.40 bits per heavy atom. The van der Waals surface area contributed by atoms with Gasteiger partial charge in [0.05, 0.1) is 0 Å². The molecule has 0 aromatic rings. The Balaban J connectivity index is 2.42. The zero-order chi connectivity index (χ0) is 6.81. The molecule has 2 aliphatic rings. The van der Waals surface area contributed by atoms with Gasteiger partial charge in [-0.2, -0.15) is 0 Å². The molecular weight excluding hydrogens is 128 g/mol. The van der Waals surface area contributed by atoms with Crippen LogP contribution in [0.15, 0.2) is 34.4 Å². The molecule has 3 heteroatoms. The normalized spacial score (nSPS) is 20.8. The van der Waals surface area contributed by atoms with Gasteiger partial charge in [0.15, 0.2) is 6.73 Å². The molecule has 2 heterocycles. The zero-order valence-corrected chi connectivity index (χ0v) is 5.32. The highest BCUT2D eigenvalue weighted by atomic mass is 16.5. The molecule has 0 aromatic carbocycles. The summed E-state index contributed by atoms with van der Waals surface area (Å²) in [6.07, 6.45) is 7.32. The molecule has 2 aliphatic heterocycles. The predicted molar refractivity (Wildman–Crippen MR) is 39.1 cm³/mol. The summed E-state index contributed by atoms with van der Waals surface area (Å²) in [5.41, 5.74) is 0.838. The van der Waals surface area contributed by atoms with Crippen LogP contribution in [0.1, 0.15) is 0 Å². The Kier molecular flexibility index (Phi) is 1.13. The van der Waals surface area contributed by atoms with Crippen LogP contribution >= 0.6 is 0 Å². The van der Waals surface area contributed by atoms with Gasteiger partial charge in [-0.25, -0.2) is 9.98 Å². The predicted octanol–water partition coefficient (Wildman–Crippen LogP) is 0.897. The van der Waals surface area contributed by atoms with E-state index < -0.39 is 0 Å². The third kappa shape index (κ3) is 0.757. The van der Waals surface area contributed by atoms with Crippen molar-refractivity contribution in [2.75, 3.05) is 6.73 Å². The van der Waals surface area contributed by atoms with Crippen LogP contribution in [0.25, 0.3) is 0 Å². The van der Waals surface area contributed by atoms with E-state index in [1.807, 2.05) is 18.2 Å². The summed E-state index contributed by atoms with van der Waals surface area (Å²) in [7, 11) is 0. The van der Waals surface area contributed by atoms with Crippen LogP contribution in [0.2, 0.25) is 0 Å². The fourth-order valence-electron chi connectivity index (χ4n) is 0.839. The van der Waals surface area contributed by atoms with Crippen LogP contribution in [0, 0.1) is 0 Å². The summed E-state index contributed by atoms with van der Waals surface area (Å²) in [6, 6.07) is 0. The van der Waals surface area contributed by atoms with Crippen molar-refractivity contribution in [2.45, 2.75) is 0 Å². The second-order valence-corrected chi connectivity index (χ2v) is 1.95. The minimum atomic E-state index is 0.409. The van der Waals surface area contributed by atoms with Crippen LogP contribution in [0.4, 0.5) is 0 Å². The van der Waals surface area contributed by atoms with E-state index >= 15 is 0 Å². The van der Waals surface area contributed by atoms with Crippen LogP contribution in [0.5, 0.6) is 0 Å². The monoisotopic (exact) mass is 134 g/mol. The van der Waals surface area contributed by atoms with Crippen LogP contribution in [-0.2, 0) is 4.74 Å². The highest BCUT2D eigenvalue weighted by Gasteiger charge is 2.13. The molecule has 50 valence electrons. The maximum Gasteiger partial charge on any atom is 0.241 e. The summed E-state index contributed by atoms with van der Waals surface area (Å²) < 4.78 is 5.08. The molecule has 0 aliphatic carbocycles. The molecule has 0 saturated carbocycles. The molecule has 0 amide bonds. The number of hydrogen-bond donors (Lipinski definition) is 0. The summed E-state index contributed by atoms with van der Waals surface area (Å²) in [6.45, 7) is 0.409. The summed E-state index contributed by atoms with van der Waals surface area (Å²) in [5, 5.41) is 0. The van der Waals surface area contributed by atoms with E-state index in [2.05, 4.69) is 9.98 Å². The van der Waals surface area contributed by atoms with E-state index in [0.29, 0.717) is 12.6 Å². The summed E-state index contributed by atoms with van der Waals surface area (Å²) >= 11 is 0. The van der Waals surface area contributed by atoms with Crippen molar-refractivity contribution >= 4 is 11.6 Å². The van der Waals surface area contributed by atoms with Crippen molar-refractivity contribution < 1.29 is 4.74 Å². The first-order valence-corrected chi connectivity index (χ1v) is 3.05. The number of nitrogens with zero attached hydrogens (tertiary/aromatic N) is 2. The van der Waals surface area contributed by atoms with Gasteiger partial charge in [0, 0.05) is 6.20 Å². The number of aliphatic imine (C=N–C) groups is 2. The third-order valence-corrected chi connectivity index (χ3v) is 1.30. The molecule has 0 atom stereocenters. The molecule has 0 bridgehead atoms. The Hall–Kier alpha value is -1.38. The Morgan fingerprint density at radius 3 is 3.40 bits per heavy atom. The van der Waals surface area contributed by atoms with E-state index in [4.69, 9.17) is 4.74 Å². The number of fused-ring (bicyclic) bond motifs is 1. The maximum atomic E-state index is 5.08. The topological polar surface area (TPSA) is 34.0 Å². The zero-order valence-electron chi connectivity index (χ0n) is 5.32. The molecule has 0 unspecified atom stereocenters. The summed E-state index contributed by atoms with van der Waals surface area (Å²) in [4.78, 5) is 8.06. The van der Waals surface area contributed by atoms with Gasteiger partial charge in [0.2, 0.25) is 5.90 Å². The molecule has 0 radical (unpaired) electrons. The smallest absolute Gasteiger partial charge is 0.241 e. The molecule has 0 fully saturated rings. The number of hydrogen-bond acceptors (Lipinski definition) is 3. The fraction of sp³-hybridized carbons (Fsp3) is 0.143. The maximum absolute atomic E-state index is 5.08. The second kappa shape index (κ2) is 2.10. The van der Waals surface area contributed by atoms with Gasteiger partial charge in [-0.1, -0.05) is 6.08 Å². The lowest BCUT2D eigenvalue weighted by Crippen LogP contribution is -2.06. The fourth-order valence-corrected chi connectivity index (χ4v) is 0.839. The Labute approximate surface area is 58.4 Å². The third-order valence-electron chi connectivity index (χ3n) is 1.30. The molecule has 0 aromatic heterocycles. The van der Waals surface area contributed by atoms with Gasteiger partial charge >= 0.3 is 0 Å². The molecule has 3 nitrogen and oxygen atoms in total. The summed E-state index contributed by atoms with van der Waals surface area (Å²) in [5.74, 6) is 0.630. The quantitative estimate of drug-likeness (QED) is 0.484. The van der Waals surface area contributed by atoms with Gasteiger partial charge in [-0.3, -0.25) is 0 Å². The van der Waals surface area contributed by atoms with Crippen LogP contribution < -0.4 is 0 Å². The SMILES string of the molecule is C1=CN=C2OCN=C2C=C1. The highest BCUT2D eigenvalue weighted by Crippen LogP contribution is 2.03. The van der Waals surface area contributed by atoms with Crippen molar-refractivity contribution in [3.8, 4) is 0 Å². The van der Waals surface area contributed by atoms with Crippen molar-refractivity contribution in [3.05, 3.63) is 24.4 Å². The van der Waals surface area contributed by atoms with Gasteiger partial charge in [0.1, 0.15) is 5.71 Å². The minimum absolute atomic E-state index is 0.409. The van der Waals surface area contributed by atoms with E-state index in [0.717, 1.165) is 5.71 Å². The van der Waals surface area contributed by atoms with Gasteiger partial charge in [0.25, 0.3) is 0 Å². The first-order valence-electron chi connectivity index (χ1n) is 3.05. The van der Waals surface area contributed by atoms with Crippen molar-refractivity contribution in [1.29, 1.82) is 0 Å². The van der Waals surface area contributed by atoms with Crippen LogP contribution in [0.3, 0.4) is 0 Å². The lowest BCUT2D eigenvalue weighted by molar-refractivity contribution is 0.340.